The number of nitrogens with one attached hydrogen (secondary N) is 1. The first-order valence-electron chi connectivity index (χ1n) is 10.9. The van der Waals surface area contributed by atoms with E-state index >= 15 is 0 Å². The molecule has 3 N–H and O–H groups in total. The van der Waals surface area contributed by atoms with Crippen LogP contribution in [0.4, 0.5) is 0 Å². The Morgan fingerprint density at radius 3 is 2.84 bits per heavy atom. The van der Waals surface area contributed by atoms with Crippen molar-refractivity contribution in [3.05, 3.63) is 28.8 Å². The fourth-order valence-electron chi connectivity index (χ4n) is 5.43. The van der Waals surface area contributed by atoms with Gasteiger partial charge in [0.2, 0.25) is 11.8 Å². The monoisotopic (exact) mass is 461 g/mol. The Kier molecular flexibility index (Phi) is 5.30. The number of fused-ring (bicyclic) bond motifs is 2. The number of aliphatic hydroxyl groups is 1. The van der Waals surface area contributed by atoms with Gasteiger partial charge in [0.15, 0.2) is 0 Å². The zero-order valence-corrected chi connectivity index (χ0v) is 18.8. The molecule has 11 heteroatoms. The van der Waals surface area contributed by atoms with Gasteiger partial charge in [-0.1, -0.05) is 6.92 Å². The molecule has 32 heavy (non-hydrogen) atoms. The number of carboxylic acids is 1. The van der Waals surface area contributed by atoms with Crippen LogP contribution in [-0.2, 0) is 27.5 Å². The highest BCUT2D eigenvalue weighted by molar-refractivity contribution is 8.03. The largest absolute Gasteiger partial charge is 0.477 e. The maximum atomic E-state index is 13.1. The van der Waals surface area contributed by atoms with Gasteiger partial charge in [-0.25, -0.2) is 9.78 Å². The molecule has 0 radical (unpaired) electrons. The second-order valence-corrected chi connectivity index (χ2v) is 10.4. The van der Waals surface area contributed by atoms with Crippen LogP contribution in [0, 0.1) is 11.8 Å². The highest BCUT2D eigenvalue weighted by atomic mass is 32.2. The van der Waals surface area contributed by atoms with Gasteiger partial charge in [-0.15, -0.1) is 11.8 Å². The molecule has 0 aromatic carbocycles. The van der Waals surface area contributed by atoms with E-state index in [4.69, 9.17) is 0 Å². The van der Waals surface area contributed by atoms with E-state index in [1.807, 2.05) is 11.8 Å². The van der Waals surface area contributed by atoms with E-state index < -0.39 is 18.0 Å². The number of nitrogens with zero attached hydrogens (tertiary/aromatic N) is 4. The average Bonchev–Trinajstić information content (AvgIpc) is 3.45. The second kappa shape index (κ2) is 7.89. The van der Waals surface area contributed by atoms with E-state index in [1.54, 1.807) is 19.4 Å². The molecule has 4 aliphatic heterocycles. The zero-order chi connectivity index (χ0) is 22.7. The Hall–Kier alpha value is -2.37. The minimum absolute atomic E-state index is 0.0323. The van der Waals surface area contributed by atoms with Crippen LogP contribution < -0.4 is 5.32 Å². The minimum Gasteiger partial charge on any atom is -0.477 e. The van der Waals surface area contributed by atoms with Gasteiger partial charge in [-0.05, 0) is 13.3 Å². The van der Waals surface area contributed by atoms with Gasteiger partial charge in [-0.3, -0.25) is 9.59 Å². The predicted octanol–water partition coefficient (Wildman–Crippen LogP) is -0.157. The van der Waals surface area contributed by atoms with Crippen LogP contribution in [0.3, 0.4) is 0 Å². The molecular formula is C21H27N5O5S. The Bertz CT molecular complexity index is 1010. The fourth-order valence-corrected chi connectivity index (χ4v) is 6.91. The number of aliphatic carboxylic acids is 1. The molecule has 1 aromatic rings. The number of thioether (sulfide) groups is 1. The van der Waals surface area contributed by atoms with Gasteiger partial charge in [0.25, 0.3) is 0 Å². The highest BCUT2D eigenvalue weighted by Gasteiger charge is 2.60. The van der Waals surface area contributed by atoms with Crippen LogP contribution in [0.1, 0.15) is 26.0 Å². The van der Waals surface area contributed by atoms with Gasteiger partial charge in [0, 0.05) is 41.9 Å². The number of carbonyl (C=O) groups excluding carboxylic acids is 2. The van der Waals surface area contributed by atoms with Crippen LogP contribution >= 0.6 is 11.8 Å². The summed E-state index contributed by atoms with van der Waals surface area (Å²) < 4.78 is 2.05. The summed E-state index contributed by atoms with van der Waals surface area (Å²) in [5.74, 6) is -2.13. The van der Waals surface area contributed by atoms with Gasteiger partial charge < -0.3 is 29.9 Å². The molecule has 6 atom stereocenters. The maximum absolute atomic E-state index is 13.1. The lowest BCUT2D eigenvalue weighted by molar-refractivity contribution is -0.163. The van der Waals surface area contributed by atoms with E-state index in [0.29, 0.717) is 31.0 Å². The van der Waals surface area contributed by atoms with Gasteiger partial charge >= 0.3 is 5.97 Å². The van der Waals surface area contributed by atoms with Crippen LogP contribution in [0.15, 0.2) is 23.1 Å². The third kappa shape index (κ3) is 3.25. The Balaban J connectivity index is 1.27. The fraction of sp³-hybridized carbons (Fsp3) is 0.619. The number of hydrogen-bond donors (Lipinski definition) is 3. The van der Waals surface area contributed by atoms with Crippen LogP contribution in [0.25, 0.3) is 0 Å². The van der Waals surface area contributed by atoms with Crippen molar-refractivity contribution in [3.8, 4) is 0 Å². The molecule has 2 amide bonds. The quantitative estimate of drug-likeness (QED) is 0.516. The summed E-state index contributed by atoms with van der Waals surface area (Å²) in [4.78, 5) is 45.6. The highest BCUT2D eigenvalue weighted by Crippen LogP contribution is 2.51. The third-order valence-corrected chi connectivity index (χ3v) is 8.58. The predicted molar refractivity (Wildman–Crippen MR) is 115 cm³/mol. The lowest BCUT2D eigenvalue weighted by Crippen LogP contribution is -2.63. The number of rotatable bonds is 5. The van der Waals surface area contributed by atoms with Crippen molar-refractivity contribution < 1.29 is 24.6 Å². The summed E-state index contributed by atoms with van der Waals surface area (Å²) in [5, 5.41) is 23.1. The first-order valence-corrected chi connectivity index (χ1v) is 11.8. The minimum atomic E-state index is -1.12. The third-order valence-electron chi connectivity index (χ3n) is 7.07. The number of imidazole rings is 1. The molecular weight excluding hydrogens is 434 g/mol. The summed E-state index contributed by atoms with van der Waals surface area (Å²) >= 11 is 1.46. The molecule has 0 unspecified atom stereocenters. The van der Waals surface area contributed by atoms with Crippen molar-refractivity contribution in [3.63, 3.8) is 0 Å². The van der Waals surface area contributed by atoms with Crippen molar-refractivity contribution in [2.75, 3.05) is 13.1 Å². The molecule has 0 aliphatic carbocycles. The Labute approximate surface area is 189 Å². The average molecular weight is 462 g/mol. The van der Waals surface area contributed by atoms with Crippen molar-refractivity contribution in [1.29, 1.82) is 0 Å². The van der Waals surface area contributed by atoms with Crippen molar-refractivity contribution in [2.24, 2.45) is 11.8 Å². The van der Waals surface area contributed by atoms with Gasteiger partial charge in [0.05, 0.1) is 42.7 Å². The maximum Gasteiger partial charge on any atom is 0.353 e. The molecule has 2 fully saturated rings. The summed E-state index contributed by atoms with van der Waals surface area (Å²) in [6.07, 6.45) is 3.35. The van der Waals surface area contributed by atoms with E-state index in [1.165, 1.54) is 16.7 Å². The normalized spacial score (nSPS) is 32.6. The zero-order valence-electron chi connectivity index (χ0n) is 18.0. The Morgan fingerprint density at radius 1 is 1.34 bits per heavy atom. The molecule has 5 heterocycles. The SMILES string of the molecule is C[C@@H](O)[C@H]1C(=O)N2C(C(=O)O)=C(S[C@@H]3CN[C@H](C(=O)N4CCn5cncc5C4)C3)[C@H](C)[C@H]12. The lowest BCUT2D eigenvalue weighted by atomic mass is 9.79. The molecule has 2 saturated heterocycles. The molecule has 0 bridgehead atoms. The first-order chi connectivity index (χ1) is 15.3. The number of carboxylic acid groups (broad SMARTS) is 1. The van der Waals surface area contributed by atoms with Gasteiger partial charge in [0.1, 0.15) is 5.70 Å². The number of amides is 2. The van der Waals surface area contributed by atoms with Crippen LogP contribution in [0.2, 0.25) is 0 Å². The number of β-lactam (4-membered cyclic amide) rings is 1. The summed E-state index contributed by atoms with van der Waals surface area (Å²) in [6.45, 7) is 5.99. The molecule has 4 aliphatic rings. The lowest BCUT2D eigenvalue weighted by Gasteiger charge is -2.46. The molecule has 0 spiro atoms. The molecule has 5 rings (SSSR count). The van der Waals surface area contributed by atoms with E-state index in [0.717, 1.165) is 12.2 Å². The van der Waals surface area contributed by atoms with Crippen molar-refractivity contribution >= 4 is 29.5 Å². The molecule has 10 nitrogen and oxygen atoms in total. The number of carbonyl (C=O) groups is 3. The number of aromatic nitrogens is 2. The Morgan fingerprint density at radius 2 is 2.12 bits per heavy atom. The van der Waals surface area contributed by atoms with Gasteiger partial charge in [-0.2, -0.15) is 0 Å². The van der Waals surface area contributed by atoms with Crippen molar-refractivity contribution in [2.45, 2.75) is 56.8 Å². The van der Waals surface area contributed by atoms with Crippen LogP contribution in [-0.4, -0.2) is 83.9 Å². The first kappa shape index (κ1) is 21.5. The van der Waals surface area contributed by atoms with Crippen LogP contribution in [0.5, 0.6) is 0 Å². The summed E-state index contributed by atoms with van der Waals surface area (Å²) in [5.41, 5.74) is 1.06. The van der Waals surface area contributed by atoms with Crippen molar-refractivity contribution in [1.82, 2.24) is 24.7 Å². The topological polar surface area (TPSA) is 128 Å². The second-order valence-electron chi connectivity index (χ2n) is 9.05. The summed E-state index contributed by atoms with van der Waals surface area (Å²) in [7, 11) is 0. The van der Waals surface area contributed by atoms with E-state index in [9.17, 15) is 24.6 Å². The molecule has 0 saturated carbocycles. The summed E-state index contributed by atoms with van der Waals surface area (Å²) in [6, 6.07) is -0.627. The van der Waals surface area contributed by atoms with E-state index in [2.05, 4.69) is 14.9 Å². The molecule has 172 valence electrons. The molecule has 1 aromatic heterocycles. The smallest absolute Gasteiger partial charge is 0.353 e. The number of aliphatic hydroxyl groups excluding tert-OH is 1. The standard InChI is InChI=1S/C21H27N5O5S/c1-10-16-15(11(2)27)20(29)26(16)17(21(30)31)18(10)32-13-5-14(23-7-13)19(28)24-3-4-25-9-22-6-12(25)8-24/h6,9-11,13-16,23,27H,3-5,7-8H2,1-2H3,(H,30,31)/t10-,11-,13+,14+,15-,16-/m1/s1. The van der Waals surface area contributed by atoms with E-state index in [-0.39, 0.29) is 40.8 Å². The number of hydrogen-bond acceptors (Lipinski definition) is 7.